The Balaban J connectivity index is 1.74. The van der Waals surface area contributed by atoms with Crippen LogP contribution in [0.3, 0.4) is 0 Å². The van der Waals surface area contributed by atoms with Crippen molar-refractivity contribution in [2.24, 2.45) is 0 Å². The molecule has 0 saturated carbocycles. The fraction of sp³-hybridized carbons (Fsp3) is 0.375. The molecule has 7 nitrogen and oxygen atoms in total. The molecule has 1 N–H and O–H groups in total. The normalized spacial score (nSPS) is 13.0. The van der Waals surface area contributed by atoms with Crippen molar-refractivity contribution in [1.29, 1.82) is 0 Å². The lowest BCUT2D eigenvalue weighted by Crippen LogP contribution is -2.33. The first-order chi connectivity index (χ1) is 11.6. The maximum atomic E-state index is 12.3. The highest BCUT2D eigenvalue weighted by Gasteiger charge is 2.20. The first kappa shape index (κ1) is 16.5. The largest absolute Gasteiger partial charge is 0.475 e. The minimum atomic E-state index is -0.445. The van der Waals surface area contributed by atoms with Crippen LogP contribution in [-0.2, 0) is 13.1 Å². The summed E-state index contributed by atoms with van der Waals surface area (Å²) >= 11 is 1.52. The van der Waals surface area contributed by atoms with E-state index in [1.165, 1.54) is 22.5 Å². The highest BCUT2D eigenvalue weighted by Crippen LogP contribution is 2.20. The molecule has 0 saturated heterocycles. The van der Waals surface area contributed by atoms with E-state index in [0.717, 1.165) is 11.3 Å². The monoisotopic (exact) mass is 346 g/mol. The molecule has 0 aromatic carbocycles. The number of amides is 1. The van der Waals surface area contributed by atoms with Crippen molar-refractivity contribution in [3.8, 4) is 5.88 Å². The SMILES string of the molecule is CC(C)Oc1ncccc1CNC(=O)c1cnc2n(c1=O)CCS2. The zero-order valence-electron chi connectivity index (χ0n) is 13.5. The summed E-state index contributed by atoms with van der Waals surface area (Å²) in [5.41, 5.74) is 0.508. The van der Waals surface area contributed by atoms with E-state index in [0.29, 0.717) is 17.6 Å². The average molecular weight is 346 g/mol. The molecule has 0 fully saturated rings. The zero-order chi connectivity index (χ0) is 17.1. The van der Waals surface area contributed by atoms with Gasteiger partial charge in [-0.25, -0.2) is 9.97 Å². The molecule has 0 bridgehead atoms. The van der Waals surface area contributed by atoms with Gasteiger partial charge in [-0.3, -0.25) is 14.2 Å². The van der Waals surface area contributed by atoms with E-state index in [-0.39, 0.29) is 23.8 Å². The van der Waals surface area contributed by atoms with Gasteiger partial charge < -0.3 is 10.1 Å². The Morgan fingerprint density at radius 2 is 2.29 bits per heavy atom. The van der Waals surface area contributed by atoms with E-state index >= 15 is 0 Å². The first-order valence-electron chi connectivity index (χ1n) is 7.67. The quantitative estimate of drug-likeness (QED) is 0.825. The molecule has 1 amide bonds. The Hall–Kier alpha value is -2.35. The summed E-state index contributed by atoms with van der Waals surface area (Å²) < 4.78 is 7.16. The van der Waals surface area contributed by atoms with Gasteiger partial charge in [-0.1, -0.05) is 17.8 Å². The van der Waals surface area contributed by atoms with Gasteiger partial charge in [0.2, 0.25) is 5.88 Å². The number of hydrogen-bond acceptors (Lipinski definition) is 6. The Morgan fingerprint density at radius 3 is 3.08 bits per heavy atom. The summed E-state index contributed by atoms with van der Waals surface area (Å²) in [4.78, 5) is 33.0. The van der Waals surface area contributed by atoms with Gasteiger partial charge in [0.1, 0.15) is 5.56 Å². The Labute approximate surface area is 143 Å². The number of carbonyl (C=O) groups is 1. The molecule has 1 aliphatic rings. The summed E-state index contributed by atoms with van der Waals surface area (Å²) in [5.74, 6) is 0.839. The Bertz CT molecular complexity index is 819. The average Bonchev–Trinajstić information content (AvgIpc) is 3.03. The van der Waals surface area contributed by atoms with Crippen molar-refractivity contribution in [1.82, 2.24) is 19.9 Å². The number of ether oxygens (including phenoxy) is 1. The third-order valence-electron chi connectivity index (χ3n) is 3.44. The van der Waals surface area contributed by atoms with Gasteiger partial charge in [-0.2, -0.15) is 0 Å². The van der Waals surface area contributed by atoms with Crippen molar-refractivity contribution in [3.05, 3.63) is 46.0 Å². The second kappa shape index (κ2) is 7.04. The number of carbonyl (C=O) groups excluding carboxylic acids is 1. The molecular formula is C16H18N4O3S. The van der Waals surface area contributed by atoms with E-state index < -0.39 is 5.91 Å². The minimum absolute atomic E-state index is 0.0163. The van der Waals surface area contributed by atoms with Gasteiger partial charge in [0.25, 0.3) is 11.5 Å². The number of pyridine rings is 1. The summed E-state index contributed by atoms with van der Waals surface area (Å²) in [6.45, 7) is 4.63. The van der Waals surface area contributed by atoms with Crippen LogP contribution < -0.4 is 15.6 Å². The molecule has 126 valence electrons. The maximum absolute atomic E-state index is 12.3. The van der Waals surface area contributed by atoms with Crippen LogP contribution in [0, 0.1) is 0 Å². The number of fused-ring (bicyclic) bond motifs is 1. The van der Waals surface area contributed by atoms with Crippen LogP contribution in [0.1, 0.15) is 29.8 Å². The van der Waals surface area contributed by atoms with Crippen LogP contribution >= 0.6 is 11.8 Å². The third kappa shape index (κ3) is 3.43. The zero-order valence-corrected chi connectivity index (χ0v) is 14.3. The summed E-state index contributed by atoms with van der Waals surface area (Å²) in [6.07, 6.45) is 2.96. The van der Waals surface area contributed by atoms with Crippen LogP contribution in [0.5, 0.6) is 5.88 Å². The number of nitrogens with zero attached hydrogens (tertiary/aromatic N) is 3. The Morgan fingerprint density at radius 1 is 1.46 bits per heavy atom. The lowest BCUT2D eigenvalue weighted by atomic mass is 10.2. The molecule has 3 rings (SSSR count). The van der Waals surface area contributed by atoms with Gasteiger partial charge in [-0.15, -0.1) is 0 Å². The number of aromatic nitrogens is 3. The van der Waals surface area contributed by atoms with Crippen LogP contribution in [0.15, 0.2) is 34.5 Å². The molecule has 0 unspecified atom stereocenters. The van der Waals surface area contributed by atoms with Crippen molar-refractivity contribution >= 4 is 17.7 Å². The molecule has 3 heterocycles. The van der Waals surface area contributed by atoms with Gasteiger partial charge in [0, 0.05) is 36.8 Å². The number of thioether (sulfide) groups is 1. The second-order valence-electron chi connectivity index (χ2n) is 5.58. The standard InChI is InChI=1S/C16H18N4O3S/c1-10(2)23-14-11(4-3-5-17-14)8-18-13(21)12-9-19-16-20(15(12)22)6-7-24-16/h3-5,9-10H,6-8H2,1-2H3,(H,18,21). The molecule has 24 heavy (non-hydrogen) atoms. The highest BCUT2D eigenvalue weighted by molar-refractivity contribution is 7.99. The number of nitrogens with one attached hydrogen (secondary N) is 1. The molecule has 0 spiro atoms. The Kier molecular flexibility index (Phi) is 4.84. The molecule has 0 aliphatic carbocycles. The van der Waals surface area contributed by atoms with Crippen LogP contribution in [0.25, 0.3) is 0 Å². The van der Waals surface area contributed by atoms with Gasteiger partial charge in [0.15, 0.2) is 5.16 Å². The smallest absolute Gasteiger partial charge is 0.267 e. The number of rotatable bonds is 5. The van der Waals surface area contributed by atoms with E-state index in [2.05, 4.69) is 15.3 Å². The van der Waals surface area contributed by atoms with Crippen molar-refractivity contribution < 1.29 is 9.53 Å². The van der Waals surface area contributed by atoms with Crippen LogP contribution in [-0.4, -0.2) is 32.3 Å². The predicted octanol–water partition coefficient (Wildman–Crippen LogP) is 1.46. The van der Waals surface area contributed by atoms with Crippen molar-refractivity contribution in [3.63, 3.8) is 0 Å². The summed E-state index contributed by atoms with van der Waals surface area (Å²) in [5, 5.41) is 3.41. The third-order valence-corrected chi connectivity index (χ3v) is 4.41. The lowest BCUT2D eigenvalue weighted by molar-refractivity contribution is 0.0947. The topological polar surface area (TPSA) is 86.1 Å². The molecule has 1 aliphatic heterocycles. The molecule has 8 heteroatoms. The molecular weight excluding hydrogens is 328 g/mol. The predicted molar refractivity (Wildman–Crippen MR) is 90.4 cm³/mol. The van der Waals surface area contributed by atoms with Crippen molar-refractivity contribution in [2.75, 3.05) is 5.75 Å². The lowest BCUT2D eigenvalue weighted by Gasteiger charge is -2.13. The molecule has 2 aromatic rings. The molecule has 0 atom stereocenters. The van der Waals surface area contributed by atoms with E-state index in [9.17, 15) is 9.59 Å². The van der Waals surface area contributed by atoms with Crippen LogP contribution in [0.4, 0.5) is 0 Å². The van der Waals surface area contributed by atoms with Crippen molar-refractivity contribution in [2.45, 2.75) is 38.2 Å². The summed E-state index contributed by atoms with van der Waals surface area (Å²) in [7, 11) is 0. The fourth-order valence-electron chi connectivity index (χ4n) is 2.33. The fourth-order valence-corrected chi connectivity index (χ4v) is 3.25. The minimum Gasteiger partial charge on any atom is -0.475 e. The molecule has 2 aromatic heterocycles. The van der Waals surface area contributed by atoms with Crippen LogP contribution in [0.2, 0.25) is 0 Å². The van der Waals surface area contributed by atoms with Gasteiger partial charge in [-0.05, 0) is 19.9 Å². The van der Waals surface area contributed by atoms with Gasteiger partial charge >= 0.3 is 0 Å². The maximum Gasteiger partial charge on any atom is 0.267 e. The highest BCUT2D eigenvalue weighted by atomic mass is 32.2. The molecule has 0 radical (unpaired) electrons. The van der Waals surface area contributed by atoms with E-state index in [4.69, 9.17) is 4.74 Å². The van der Waals surface area contributed by atoms with E-state index in [1.54, 1.807) is 12.3 Å². The summed E-state index contributed by atoms with van der Waals surface area (Å²) in [6, 6.07) is 3.60. The second-order valence-corrected chi connectivity index (χ2v) is 6.64. The first-order valence-corrected chi connectivity index (χ1v) is 8.66. The number of hydrogen-bond donors (Lipinski definition) is 1. The van der Waals surface area contributed by atoms with Gasteiger partial charge in [0.05, 0.1) is 6.10 Å². The van der Waals surface area contributed by atoms with E-state index in [1.807, 2.05) is 19.9 Å².